The maximum absolute atomic E-state index is 8.95. The smallest absolute Gasteiger partial charge is 0.427 e. The minimum absolute atomic E-state index is 0. The van der Waals surface area contributed by atoms with Crippen LogP contribution in [-0.2, 0) is 0 Å². The summed E-state index contributed by atoms with van der Waals surface area (Å²) < 4.78 is 5.17. The molecule has 3 rings (SSSR count). The second kappa shape index (κ2) is 4.67. The molecule has 0 saturated heterocycles. The Morgan fingerprint density at radius 1 is 1.11 bits per heavy atom. The van der Waals surface area contributed by atoms with E-state index in [1.807, 2.05) is 36.4 Å². The minimum atomic E-state index is 0. The van der Waals surface area contributed by atoms with Crippen molar-refractivity contribution in [2.75, 3.05) is 7.11 Å². The fourth-order valence-electron chi connectivity index (χ4n) is 2.11. The first kappa shape index (κ1) is 12.4. The first-order valence-electron chi connectivity index (χ1n) is 5.27. The third-order valence-electron chi connectivity index (χ3n) is 2.91. The molecule has 18 heavy (non-hydrogen) atoms. The van der Waals surface area contributed by atoms with Gasteiger partial charge in [0.2, 0.25) is 11.1 Å². The lowest BCUT2D eigenvalue weighted by Crippen LogP contribution is -3.00. The second-order valence-corrected chi connectivity index (χ2v) is 3.84. The van der Waals surface area contributed by atoms with E-state index in [-0.39, 0.29) is 17.0 Å². The Labute approximate surface area is 114 Å². The van der Waals surface area contributed by atoms with Gasteiger partial charge in [-0.15, -0.1) is 0 Å². The summed E-state index contributed by atoms with van der Waals surface area (Å²) in [6.07, 6.45) is 0. The van der Waals surface area contributed by atoms with Crippen LogP contribution >= 0.6 is 0 Å². The Morgan fingerprint density at radius 3 is 2.61 bits per heavy atom. The Kier molecular flexibility index (Phi) is 3.21. The zero-order valence-electron chi connectivity index (χ0n) is 9.64. The Bertz CT molecular complexity index is 758. The third-order valence-corrected chi connectivity index (χ3v) is 2.91. The van der Waals surface area contributed by atoms with E-state index in [1.165, 1.54) is 0 Å². The van der Waals surface area contributed by atoms with Crippen LogP contribution in [0.25, 0.3) is 26.8 Å². The number of H-pyrrole nitrogens is 1. The van der Waals surface area contributed by atoms with Crippen LogP contribution in [0.1, 0.15) is 0 Å². The van der Waals surface area contributed by atoms with Crippen LogP contribution in [-0.4, -0.2) is 12.1 Å². The van der Waals surface area contributed by atoms with Gasteiger partial charge in [-0.25, -0.2) is 0 Å². The lowest BCUT2D eigenvalue weighted by molar-refractivity contribution is -0.00000389. The largest absolute Gasteiger partial charge is 1.00 e. The van der Waals surface area contributed by atoms with Crippen molar-refractivity contribution >= 4 is 27.5 Å². The average Bonchev–Trinajstić information content (AvgIpc) is 2.74. The molecule has 90 valence electrons. The number of hydrogen-bond donors (Lipinski definition) is 1. The van der Waals surface area contributed by atoms with Crippen LogP contribution in [0.4, 0.5) is 5.69 Å². The molecule has 0 amide bonds. The number of aromatic nitrogens is 1. The predicted molar refractivity (Wildman–Crippen MR) is 67.1 cm³/mol. The number of hydrogen-bond acceptors (Lipinski definition) is 2. The van der Waals surface area contributed by atoms with Crippen molar-refractivity contribution in [3.63, 3.8) is 0 Å². The van der Waals surface area contributed by atoms with Gasteiger partial charge in [-0.05, 0) is 6.07 Å². The molecule has 0 fully saturated rings. The van der Waals surface area contributed by atoms with Crippen molar-refractivity contribution < 1.29 is 21.7 Å². The van der Waals surface area contributed by atoms with E-state index in [2.05, 4.69) is 9.96 Å². The maximum atomic E-state index is 8.95. The van der Waals surface area contributed by atoms with Crippen molar-refractivity contribution in [3.05, 3.63) is 41.4 Å². The summed E-state index contributed by atoms with van der Waals surface area (Å²) in [4.78, 5) is 6.54. The van der Waals surface area contributed by atoms with Crippen LogP contribution in [0.5, 0.6) is 5.75 Å². The van der Waals surface area contributed by atoms with E-state index >= 15 is 0 Å². The molecule has 0 saturated carbocycles. The molecule has 0 atom stereocenters. The first-order chi connectivity index (χ1) is 8.33. The Hall–Kier alpha value is -2.06. The van der Waals surface area contributed by atoms with E-state index in [1.54, 1.807) is 7.11 Å². The number of nitrogens with zero attached hydrogens (tertiary/aromatic N) is 2. The fraction of sp³-hybridized carbons (Fsp3) is 0.0769. The van der Waals surface area contributed by atoms with Crippen molar-refractivity contribution in [3.8, 4) is 5.75 Å². The number of diazo groups is 1. The molecule has 3 aromatic rings. The van der Waals surface area contributed by atoms with E-state index in [0.717, 1.165) is 21.8 Å². The highest BCUT2D eigenvalue weighted by Gasteiger charge is 2.17. The van der Waals surface area contributed by atoms with E-state index in [0.29, 0.717) is 11.4 Å². The quantitative estimate of drug-likeness (QED) is 0.677. The molecule has 0 aliphatic heterocycles. The molecule has 0 aliphatic rings. The standard InChI is InChI=1S/C13H10N3O.BrH/c1-17-13-7-11-9(6-12(13)16-14)8-4-2-3-5-10(8)15-11;/h2-7,15H,1H3;1H/q+1;/p-1. The number of methoxy groups -OCH3 is 1. The number of para-hydroxylation sites is 1. The molecule has 1 heterocycles. The Morgan fingerprint density at radius 2 is 1.89 bits per heavy atom. The van der Waals surface area contributed by atoms with Crippen molar-refractivity contribution in [2.45, 2.75) is 0 Å². The number of benzene rings is 2. The number of ether oxygens (including phenoxy) is 1. The summed E-state index contributed by atoms with van der Waals surface area (Å²) in [5.41, 5.74) is 2.46. The fourth-order valence-corrected chi connectivity index (χ4v) is 2.11. The monoisotopic (exact) mass is 303 g/mol. The van der Waals surface area contributed by atoms with Gasteiger partial charge >= 0.3 is 5.69 Å². The summed E-state index contributed by atoms with van der Waals surface area (Å²) in [5.74, 6) is 0.548. The molecular weight excluding hydrogens is 294 g/mol. The normalized spacial score (nSPS) is 10.0. The summed E-state index contributed by atoms with van der Waals surface area (Å²) in [7, 11) is 1.55. The number of aromatic amines is 1. The van der Waals surface area contributed by atoms with Crippen LogP contribution < -0.4 is 21.7 Å². The highest BCUT2D eigenvalue weighted by Crippen LogP contribution is 2.35. The predicted octanol–water partition coefficient (Wildman–Crippen LogP) is 0.818. The number of rotatable bonds is 1. The van der Waals surface area contributed by atoms with Crippen molar-refractivity contribution in [2.24, 2.45) is 0 Å². The zero-order chi connectivity index (χ0) is 11.8. The summed E-state index contributed by atoms with van der Waals surface area (Å²) in [5, 5.41) is 11.1. The van der Waals surface area contributed by atoms with E-state index in [4.69, 9.17) is 10.1 Å². The van der Waals surface area contributed by atoms with Crippen LogP contribution in [0.3, 0.4) is 0 Å². The van der Waals surface area contributed by atoms with Crippen molar-refractivity contribution in [1.82, 2.24) is 4.98 Å². The number of fused-ring (bicyclic) bond motifs is 3. The Balaban J connectivity index is 0.00000120. The van der Waals surface area contributed by atoms with E-state index in [9.17, 15) is 0 Å². The molecule has 0 aliphatic carbocycles. The van der Waals surface area contributed by atoms with Gasteiger partial charge in [-0.3, -0.25) is 0 Å². The van der Waals surface area contributed by atoms with Gasteiger partial charge in [0.15, 0.2) is 4.98 Å². The molecule has 1 N–H and O–H groups in total. The summed E-state index contributed by atoms with van der Waals surface area (Å²) in [6.45, 7) is 0. The molecule has 2 aromatic carbocycles. The first-order valence-corrected chi connectivity index (χ1v) is 5.27. The molecule has 0 unspecified atom stereocenters. The maximum Gasteiger partial charge on any atom is 0.427 e. The average molecular weight is 304 g/mol. The third kappa shape index (κ3) is 1.71. The van der Waals surface area contributed by atoms with Gasteiger partial charge in [0, 0.05) is 28.4 Å². The molecule has 4 nitrogen and oxygen atoms in total. The van der Waals surface area contributed by atoms with Crippen molar-refractivity contribution in [1.29, 1.82) is 5.39 Å². The zero-order valence-corrected chi connectivity index (χ0v) is 11.2. The topological polar surface area (TPSA) is 53.2 Å². The van der Waals surface area contributed by atoms with Gasteiger partial charge in [-0.1, -0.05) is 18.2 Å². The van der Waals surface area contributed by atoms with Gasteiger partial charge in [-0.2, -0.15) is 0 Å². The number of halogens is 1. The molecule has 5 heteroatoms. The molecule has 0 spiro atoms. The molecular formula is C13H10BrN3O. The highest BCUT2D eigenvalue weighted by molar-refractivity contribution is 6.09. The molecule has 1 aromatic heterocycles. The molecule has 0 bridgehead atoms. The lowest BCUT2D eigenvalue weighted by atomic mass is 10.1. The molecule has 0 radical (unpaired) electrons. The summed E-state index contributed by atoms with van der Waals surface area (Å²) in [6, 6.07) is 11.7. The minimum Gasteiger partial charge on any atom is -1.00 e. The van der Waals surface area contributed by atoms with Crippen LogP contribution in [0.2, 0.25) is 0 Å². The summed E-state index contributed by atoms with van der Waals surface area (Å²) >= 11 is 0. The van der Waals surface area contributed by atoms with Crippen LogP contribution in [0.15, 0.2) is 36.4 Å². The highest BCUT2D eigenvalue weighted by atomic mass is 79.9. The van der Waals surface area contributed by atoms with Crippen LogP contribution in [0, 0.1) is 5.39 Å². The van der Waals surface area contributed by atoms with Gasteiger partial charge in [0.25, 0.3) is 0 Å². The van der Waals surface area contributed by atoms with Gasteiger partial charge < -0.3 is 26.7 Å². The van der Waals surface area contributed by atoms with Gasteiger partial charge in [0.05, 0.1) is 12.6 Å². The van der Waals surface area contributed by atoms with Gasteiger partial charge in [0.1, 0.15) is 0 Å². The lowest BCUT2D eigenvalue weighted by Gasteiger charge is -1.95. The van der Waals surface area contributed by atoms with E-state index < -0.39 is 0 Å². The second-order valence-electron chi connectivity index (χ2n) is 3.84. The number of nitrogens with one attached hydrogen (secondary N) is 1. The SMILES string of the molecule is COc1cc2[nH]c3ccccc3c2cc1[N+]#N.[Br-].